The molecule has 2 bridgehead atoms. The molecule has 4 atom stereocenters. The number of hydrogen-bond acceptors (Lipinski definition) is 1. The van der Waals surface area contributed by atoms with Gasteiger partial charge < -0.3 is 0 Å². The van der Waals surface area contributed by atoms with Gasteiger partial charge in [-0.3, -0.25) is 4.90 Å². The molecule has 1 nitrogen and oxygen atoms in total. The largest absolute Gasteiger partial charge is 0.283 e. The molecule has 0 spiro atoms. The normalized spacial score (nSPS) is 39.1. The number of fused-ring (bicyclic) bond motifs is 9. The van der Waals surface area contributed by atoms with Crippen LogP contribution in [0.3, 0.4) is 0 Å². The predicted octanol–water partition coefficient (Wildman–Crippen LogP) is 5.96. The van der Waals surface area contributed by atoms with Crippen molar-refractivity contribution in [2.45, 2.75) is 68.9 Å². The summed E-state index contributed by atoms with van der Waals surface area (Å²) in [4.78, 5) is 2.75. The smallest absolute Gasteiger partial charge is 0.0697 e. The van der Waals surface area contributed by atoms with Crippen LogP contribution in [0, 0.1) is 11.8 Å². The molecule has 1 heteroatoms. The third-order valence-electron chi connectivity index (χ3n) is 9.00. The van der Waals surface area contributed by atoms with Crippen molar-refractivity contribution < 1.29 is 0 Å². The number of hydrogen-bond donors (Lipinski definition) is 0. The molecule has 2 fully saturated rings. The molecule has 27 heavy (non-hydrogen) atoms. The Morgan fingerprint density at radius 2 is 1.48 bits per heavy atom. The molecule has 140 valence electrons. The van der Waals surface area contributed by atoms with Crippen molar-refractivity contribution >= 4 is 0 Å². The molecule has 0 unspecified atom stereocenters. The summed E-state index contributed by atoms with van der Waals surface area (Å²) in [7, 11) is 2.40. The zero-order valence-electron chi connectivity index (χ0n) is 17.0. The van der Waals surface area contributed by atoms with Gasteiger partial charge in [0.25, 0.3) is 0 Å². The summed E-state index contributed by atoms with van der Waals surface area (Å²) < 4.78 is 0. The van der Waals surface area contributed by atoms with Crippen LogP contribution in [-0.2, 0) is 16.5 Å². The van der Waals surface area contributed by atoms with Gasteiger partial charge in [0, 0.05) is 5.54 Å². The van der Waals surface area contributed by atoms with Crippen LogP contribution in [0.15, 0.2) is 48.5 Å². The Labute approximate surface area is 163 Å². The van der Waals surface area contributed by atoms with Crippen molar-refractivity contribution in [1.29, 1.82) is 0 Å². The summed E-state index contributed by atoms with van der Waals surface area (Å²) in [6.45, 7) is 4.91. The Morgan fingerprint density at radius 3 is 2.11 bits per heavy atom. The van der Waals surface area contributed by atoms with E-state index in [9.17, 15) is 0 Å². The van der Waals surface area contributed by atoms with Crippen molar-refractivity contribution in [2.24, 2.45) is 11.8 Å². The van der Waals surface area contributed by atoms with Crippen LogP contribution in [0.2, 0.25) is 0 Å². The quantitative estimate of drug-likeness (QED) is 0.655. The van der Waals surface area contributed by atoms with E-state index in [1.807, 2.05) is 0 Å². The van der Waals surface area contributed by atoms with Crippen molar-refractivity contribution in [2.75, 3.05) is 7.05 Å². The van der Waals surface area contributed by atoms with Crippen molar-refractivity contribution in [3.63, 3.8) is 0 Å². The maximum Gasteiger partial charge on any atom is 0.0697 e. The molecule has 2 aliphatic heterocycles. The van der Waals surface area contributed by atoms with Gasteiger partial charge in [-0.1, -0.05) is 68.3 Å². The minimum absolute atomic E-state index is 0.0205. The highest BCUT2D eigenvalue weighted by atomic mass is 15.3. The van der Waals surface area contributed by atoms with Gasteiger partial charge in [-0.15, -0.1) is 0 Å². The molecular formula is C26H31N. The highest BCUT2D eigenvalue weighted by molar-refractivity contribution is 5.57. The highest BCUT2D eigenvalue weighted by Gasteiger charge is 2.66. The summed E-state index contributed by atoms with van der Waals surface area (Å²) >= 11 is 0. The van der Waals surface area contributed by atoms with E-state index >= 15 is 0 Å². The minimum atomic E-state index is -0.0205. The summed E-state index contributed by atoms with van der Waals surface area (Å²) in [5.41, 5.74) is 7.03. The molecule has 2 saturated carbocycles. The van der Waals surface area contributed by atoms with Crippen LogP contribution in [0.5, 0.6) is 0 Å². The van der Waals surface area contributed by atoms with Gasteiger partial charge >= 0.3 is 0 Å². The fraction of sp³-hybridized carbons (Fsp3) is 0.538. The van der Waals surface area contributed by atoms with E-state index in [2.05, 4.69) is 74.3 Å². The van der Waals surface area contributed by atoms with E-state index in [4.69, 9.17) is 0 Å². The fourth-order valence-corrected chi connectivity index (χ4v) is 7.17. The first-order valence-electron chi connectivity index (χ1n) is 11.0. The second kappa shape index (κ2) is 5.06. The van der Waals surface area contributed by atoms with Gasteiger partial charge in [-0.25, -0.2) is 0 Å². The lowest BCUT2D eigenvalue weighted by Gasteiger charge is -2.47. The van der Waals surface area contributed by atoms with E-state index in [1.54, 1.807) is 22.3 Å². The lowest BCUT2D eigenvalue weighted by Crippen LogP contribution is -2.50. The molecule has 0 radical (unpaired) electrons. The number of rotatable bonds is 3. The van der Waals surface area contributed by atoms with Gasteiger partial charge in [0.15, 0.2) is 0 Å². The van der Waals surface area contributed by atoms with Crippen LogP contribution < -0.4 is 0 Å². The van der Waals surface area contributed by atoms with E-state index in [-0.39, 0.29) is 11.1 Å². The Bertz CT molecular complexity index is 927. The molecule has 0 aromatic heterocycles. The Morgan fingerprint density at radius 1 is 0.889 bits per heavy atom. The molecule has 0 amide bonds. The maximum absolute atomic E-state index is 2.75. The summed E-state index contributed by atoms with van der Waals surface area (Å²) in [6.07, 6.45) is 8.31. The van der Waals surface area contributed by atoms with Gasteiger partial charge in [0.2, 0.25) is 0 Å². The maximum atomic E-state index is 2.75. The molecule has 0 saturated heterocycles. The predicted molar refractivity (Wildman–Crippen MR) is 111 cm³/mol. The zero-order valence-corrected chi connectivity index (χ0v) is 17.0. The minimum Gasteiger partial charge on any atom is -0.283 e. The second-order valence-corrected chi connectivity index (χ2v) is 10.0. The molecule has 2 aromatic carbocycles. The van der Waals surface area contributed by atoms with Crippen LogP contribution in [0.1, 0.15) is 74.6 Å². The average molecular weight is 358 g/mol. The van der Waals surface area contributed by atoms with Crippen LogP contribution in [-0.4, -0.2) is 11.9 Å². The van der Waals surface area contributed by atoms with E-state index in [1.165, 1.54) is 38.5 Å². The molecule has 0 N–H and O–H groups in total. The van der Waals surface area contributed by atoms with Gasteiger partial charge in [-0.05, 0) is 79.2 Å². The SMILES string of the molecule is CC[C@@]12C[C@@H]3C[C@]3(CC3CC3)c3ccccc3[C@@](C)(c3ccccc31)N2C. The fourth-order valence-electron chi connectivity index (χ4n) is 7.17. The Hall–Kier alpha value is -1.60. The van der Waals surface area contributed by atoms with Crippen molar-refractivity contribution in [1.82, 2.24) is 4.90 Å². The summed E-state index contributed by atoms with van der Waals surface area (Å²) in [5, 5.41) is 0. The topological polar surface area (TPSA) is 3.24 Å². The number of benzene rings is 2. The van der Waals surface area contributed by atoms with Gasteiger partial charge in [-0.2, -0.15) is 0 Å². The third kappa shape index (κ3) is 1.85. The van der Waals surface area contributed by atoms with Crippen molar-refractivity contribution in [3.05, 3.63) is 70.8 Å². The summed E-state index contributed by atoms with van der Waals surface area (Å²) in [5.74, 6) is 1.84. The third-order valence-corrected chi connectivity index (χ3v) is 9.00. The van der Waals surface area contributed by atoms with E-state index in [0.29, 0.717) is 5.41 Å². The number of nitrogens with zero attached hydrogens (tertiary/aromatic N) is 1. The molecule has 4 aliphatic rings. The molecule has 2 heterocycles. The zero-order chi connectivity index (χ0) is 18.4. The van der Waals surface area contributed by atoms with E-state index in [0.717, 1.165) is 11.8 Å². The van der Waals surface area contributed by atoms with Gasteiger partial charge in [0.05, 0.1) is 5.54 Å². The van der Waals surface area contributed by atoms with Crippen LogP contribution in [0.25, 0.3) is 0 Å². The molecular weight excluding hydrogens is 326 g/mol. The molecule has 2 aromatic rings. The lowest BCUT2D eigenvalue weighted by molar-refractivity contribution is 0.0361. The van der Waals surface area contributed by atoms with E-state index < -0.39 is 0 Å². The molecule has 2 aliphatic carbocycles. The van der Waals surface area contributed by atoms with Crippen molar-refractivity contribution in [3.8, 4) is 0 Å². The Kier molecular flexibility index (Phi) is 3.06. The Balaban J connectivity index is 1.66. The summed E-state index contributed by atoms with van der Waals surface area (Å²) in [6, 6.07) is 18.8. The van der Waals surface area contributed by atoms with Crippen LogP contribution in [0.4, 0.5) is 0 Å². The van der Waals surface area contributed by atoms with Gasteiger partial charge in [0.1, 0.15) is 0 Å². The average Bonchev–Trinajstić information content (AvgIpc) is 3.62. The second-order valence-electron chi connectivity index (χ2n) is 10.0. The lowest BCUT2D eigenvalue weighted by atomic mass is 9.74. The monoisotopic (exact) mass is 357 g/mol. The first-order chi connectivity index (χ1) is 13.1. The first kappa shape index (κ1) is 16.4. The van der Waals surface area contributed by atoms with Crippen LogP contribution >= 0.6 is 0 Å². The first-order valence-corrected chi connectivity index (χ1v) is 11.0. The molecule has 6 rings (SSSR count). The standard InChI is InChI=1S/C26H31N/c1-4-26-17-19-16-25(19,15-18-13-14-18)22-11-7-5-9-20(22)24(2,27(26)3)21-10-6-8-12-23(21)26/h5-12,18-19H,4,13-17H2,1-3H3/t19-,24-,25-,26+/m0/s1. The highest BCUT2D eigenvalue weighted by Crippen LogP contribution is 2.70.